The summed E-state index contributed by atoms with van der Waals surface area (Å²) in [5.74, 6) is 0. The highest BCUT2D eigenvalue weighted by Crippen LogP contribution is 2.40. The number of hydrogen-bond donors (Lipinski definition) is 0. The SMILES string of the molecule is C[n+]1ccc(/C=C/c2ccc(-c3ccc(-c4ccc(N(c5ccccc5)c5ccccc5)cc4)s3)s2)cc1.[I-]. The van der Waals surface area contributed by atoms with Gasteiger partial charge in [0.1, 0.15) is 7.05 Å². The van der Waals surface area contributed by atoms with Crippen LogP contribution in [0.2, 0.25) is 0 Å². The number of pyridine rings is 1. The van der Waals surface area contributed by atoms with E-state index in [1.807, 2.05) is 34.3 Å². The number of aromatic nitrogens is 1. The molecule has 3 aromatic heterocycles. The van der Waals surface area contributed by atoms with Gasteiger partial charge in [-0.05, 0) is 77.9 Å². The molecule has 0 saturated carbocycles. The number of thiophene rings is 2. The van der Waals surface area contributed by atoms with Crippen LogP contribution in [0.1, 0.15) is 10.4 Å². The van der Waals surface area contributed by atoms with Gasteiger partial charge < -0.3 is 28.9 Å². The Hall–Kier alpha value is -3.52. The van der Waals surface area contributed by atoms with E-state index in [0.29, 0.717) is 0 Å². The molecule has 0 spiro atoms. The summed E-state index contributed by atoms with van der Waals surface area (Å²) < 4.78 is 2.05. The van der Waals surface area contributed by atoms with Gasteiger partial charge in [-0.2, -0.15) is 0 Å². The van der Waals surface area contributed by atoms with Crippen LogP contribution >= 0.6 is 22.7 Å². The number of aryl methyl sites for hydroxylation is 1. The fourth-order valence-corrected chi connectivity index (χ4v) is 6.39. The van der Waals surface area contributed by atoms with Gasteiger partial charge in [-0.15, -0.1) is 22.7 Å². The molecule has 0 radical (unpaired) electrons. The van der Waals surface area contributed by atoms with E-state index in [9.17, 15) is 0 Å². The van der Waals surface area contributed by atoms with Crippen molar-refractivity contribution in [3.05, 3.63) is 144 Å². The molecular formula is C34H27IN2S2. The molecule has 0 unspecified atom stereocenters. The zero-order valence-corrected chi connectivity index (χ0v) is 25.2. The van der Waals surface area contributed by atoms with Crippen molar-refractivity contribution in [1.29, 1.82) is 0 Å². The van der Waals surface area contributed by atoms with E-state index in [-0.39, 0.29) is 24.0 Å². The predicted molar refractivity (Wildman–Crippen MR) is 164 cm³/mol. The van der Waals surface area contributed by atoms with E-state index in [1.165, 1.54) is 30.6 Å². The zero-order chi connectivity index (χ0) is 25.7. The molecule has 192 valence electrons. The van der Waals surface area contributed by atoms with E-state index < -0.39 is 0 Å². The van der Waals surface area contributed by atoms with Gasteiger partial charge in [0.2, 0.25) is 0 Å². The Labute approximate surface area is 255 Å². The van der Waals surface area contributed by atoms with Crippen LogP contribution in [0.25, 0.3) is 32.3 Å². The second-order valence-corrected chi connectivity index (χ2v) is 11.2. The Kier molecular flexibility index (Phi) is 8.71. The maximum absolute atomic E-state index is 2.29. The van der Waals surface area contributed by atoms with Crippen LogP contribution in [0.5, 0.6) is 0 Å². The van der Waals surface area contributed by atoms with Crippen molar-refractivity contribution in [3.8, 4) is 20.2 Å². The summed E-state index contributed by atoms with van der Waals surface area (Å²) in [7, 11) is 2.03. The number of hydrogen-bond acceptors (Lipinski definition) is 3. The van der Waals surface area contributed by atoms with Gasteiger partial charge in [0.05, 0.1) is 0 Å². The summed E-state index contributed by atoms with van der Waals surface area (Å²) in [6, 6.07) is 43.1. The number of nitrogens with zero attached hydrogens (tertiary/aromatic N) is 2. The van der Waals surface area contributed by atoms with Crippen molar-refractivity contribution < 1.29 is 28.5 Å². The first-order valence-electron chi connectivity index (χ1n) is 12.6. The fraction of sp³-hybridized carbons (Fsp3) is 0.0294. The minimum atomic E-state index is 0. The molecule has 0 bridgehead atoms. The highest BCUT2D eigenvalue weighted by molar-refractivity contribution is 7.24. The lowest BCUT2D eigenvalue weighted by molar-refractivity contribution is -0.671. The van der Waals surface area contributed by atoms with E-state index in [0.717, 1.165) is 17.1 Å². The number of rotatable bonds is 7. The molecule has 0 aliphatic carbocycles. The molecule has 6 rings (SSSR count). The molecule has 3 heterocycles. The van der Waals surface area contributed by atoms with Gasteiger partial charge in [0.25, 0.3) is 0 Å². The minimum absolute atomic E-state index is 0. The second-order valence-electron chi connectivity index (χ2n) is 9.05. The topological polar surface area (TPSA) is 7.12 Å². The molecule has 2 nitrogen and oxygen atoms in total. The molecule has 3 aromatic carbocycles. The van der Waals surface area contributed by atoms with Crippen LogP contribution in [0.15, 0.2) is 134 Å². The molecule has 0 fully saturated rings. The molecule has 6 aromatic rings. The standard InChI is InChI=1S/C34H27N2S2.HI/c1-35-24-22-26(23-25-35)12-17-31-18-19-33(37-31)34-21-20-32(38-34)27-13-15-30(16-14-27)36(28-8-4-2-5-9-28)29-10-6-3-7-11-29;/h2-25H,1H3;1H/q+1;/p-1. The Balaban J connectivity index is 0.00000308. The van der Waals surface area contributed by atoms with Gasteiger partial charge in [0.15, 0.2) is 12.4 Å². The Morgan fingerprint density at radius 2 is 1.08 bits per heavy atom. The number of anilines is 3. The van der Waals surface area contributed by atoms with Gasteiger partial charge in [-0.25, -0.2) is 4.57 Å². The number of para-hydroxylation sites is 2. The maximum Gasteiger partial charge on any atom is 0.169 e. The fourth-order valence-electron chi connectivity index (χ4n) is 4.38. The summed E-state index contributed by atoms with van der Waals surface area (Å²) in [6.07, 6.45) is 8.51. The molecule has 5 heteroatoms. The van der Waals surface area contributed by atoms with E-state index in [2.05, 4.69) is 151 Å². The quantitative estimate of drug-likeness (QED) is 0.139. The van der Waals surface area contributed by atoms with Crippen molar-refractivity contribution >= 4 is 51.9 Å². The second kappa shape index (κ2) is 12.6. The number of benzene rings is 3. The summed E-state index contributed by atoms with van der Waals surface area (Å²) in [5, 5.41) is 0. The van der Waals surface area contributed by atoms with Gasteiger partial charge in [0, 0.05) is 48.7 Å². The van der Waals surface area contributed by atoms with Crippen molar-refractivity contribution in [2.75, 3.05) is 4.90 Å². The average Bonchev–Trinajstić information content (AvgIpc) is 3.65. The van der Waals surface area contributed by atoms with Crippen molar-refractivity contribution in [2.24, 2.45) is 7.05 Å². The minimum Gasteiger partial charge on any atom is -1.00 e. The molecule has 0 aliphatic heterocycles. The maximum atomic E-state index is 2.29. The lowest BCUT2D eigenvalue weighted by atomic mass is 10.1. The molecule has 39 heavy (non-hydrogen) atoms. The molecule has 0 N–H and O–H groups in total. The third-order valence-corrected chi connectivity index (χ3v) is 8.74. The molecule has 0 amide bonds. The van der Waals surface area contributed by atoms with Crippen LogP contribution in [0.4, 0.5) is 17.1 Å². The van der Waals surface area contributed by atoms with Crippen molar-refractivity contribution in [2.45, 2.75) is 0 Å². The highest BCUT2D eigenvalue weighted by atomic mass is 127. The Bertz CT molecular complexity index is 1610. The Morgan fingerprint density at radius 1 is 0.538 bits per heavy atom. The average molecular weight is 655 g/mol. The molecule has 0 saturated heterocycles. The highest BCUT2D eigenvalue weighted by Gasteiger charge is 2.13. The summed E-state index contributed by atoms with van der Waals surface area (Å²) in [4.78, 5) is 7.43. The van der Waals surface area contributed by atoms with Crippen molar-refractivity contribution in [1.82, 2.24) is 0 Å². The van der Waals surface area contributed by atoms with Gasteiger partial charge >= 0.3 is 0 Å². The van der Waals surface area contributed by atoms with Crippen LogP contribution in [-0.4, -0.2) is 0 Å². The molecular weight excluding hydrogens is 627 g/mol. The van der Waals surface area contributed by atoms with E-state index in [4.69, 9.17) is 0 Å². The Morgan fingerprint density at radius 3 is 1.72 bits per heavy atom. The largest absolute Gasteiger partial charge is 1.00 e. The molecule has 0 atom stereocenters. The van der Waals surface area contributed by atoms with E-state index in [1.54, 1.807) is 0 Å². The van der Waals surface area contributed by atoms with Crippen LogP contribution < -0.4 is 33.4 Å². The smallest absolute Gasteiger partial charge is 0.169 e. The van der Waals surface area contributed by atoms with Crippen LogP contribution in [0.3, 0.4) is 0 Å². The van der Waals surface area contributed by atoms with Crippen LogP contribution in [-0.2, 0) is 7.05 Å². The van der Waals surface area contributed by atoms with Gasteiger partial charge in [-0.3, -0.25) is 0 Å². The van der Waals surface area contributed by atoms with Crippen LogP contribution in [0, 0.1) is 0 Å². The summed E-state index contributed by atoms with van der Waals surface area (Å²) in [5.41, 5.74) is 5.88. The number of halogens is 1. The van der Waals surface area contributed by atoms with Gasteiger partial charge in [-0.1, -0.05) is 54.6 Å². The first kappa shape index (κ1) is 27.1. The van der Waals surface area contributed by atoms with E-state index >= 15 is 0 Å². The third-order valence-electron chi connectivity index (χ3n) is 6.36. The van der Waals surface area contributed by atoms with Crippen molar-refractivity contribution in [3.63, 3.8) is 0 Å². The molecule has 0 aliphatic rings. The monoisotopic (exact) mass is 654 g/mol. The normalized spacial score (nSPS) is 10.9. The third kappa shape index (κ3) is 6.38. The summed E-state index contributed by atoms with van der Waals surface area (Å²) in [6.45, 7) is 0. The summed E-state index contributed by atoms with van der Waals surface area (Å²) >= 11 is 3.68. The first-order chi connectivity index (χ1) is 18.7. The lowest BCUT2D eigenvalue weighted by Crippen LogP contribution is -3.00. The lowest BCUT2D eigenvalue weighted by Gasteiger charge is -2.25. The first-order valence-corrected chi connectivity index (χ1v) is 14.2. The predicted octanol–water partition coefficient (Wildman–Crippen LogP) is 6.61. The zero-order valence-electron chi connectivity index (χ0n) is 21.4.